The van der Waals surface area contributed by atoms with Crippen LogP contribution >= 0.6 is 12.4 Å². The summed E-state index contributed by atoms with van der Waals surface area (Å²) in [4.78, 5) is 0. The fourth-order valence-electron chi connectivity index (χ4n) is 1.07. The second-order valence-corrected chi connectivity index (χ2v) is 4.32. The fourth-order valence-corrected chi connectivity index (χ4v) is 1.07. The molecule has 0 aromatic carbocycles. The highest BCUT2D eigenvalue weighted by Gasteiger charge is 2.19. The number of nitrogens with two attached hydrogens (primary N) is 1. The molecule has 0 radical (unpaired) electrons. The van der Waals surface area contributed by atoms with Crippen LogP contribution in [0.4, 0.5) is 0 Å². The van der Waals surface area contributed by atoms with E-state index in [0.717, 1.165) is 24.3 Å². The van der Waals surface area contributed by atoms with Crippen LogP contribution in [0.25, 0.3) is 0 Å². The first kappa shape index (κ1) is 13.5. The van der Waals surface area contributed by atoms with Gasteiger partial charge in [0, 0.05) is 11.5 Å². The Bertz CT molecular complexity index is 265. The maximum atomic E-state index is 5.41. The molecule has 0 aliphatic rings. The van der Waals surface area contributed by atoms with Gasteiger partial charge in [-0.15, -0.1) is 12.4 Å². The van der Waals surface area contributed by atoms with E-state index in [0.29, 0.717) is 6.54 Å². The van der Waals surface area contributed by atoms with E-state index in [4.69, 9.17) is 10.3 Å². The summed E-state index contributed by atoms with van der Waals surface area (Å²) in [6, 6.07) is 2.02. The van der Waals surface area contributed by atoms with E-state index < -0.39 is 0 Å². The predicted molar refractivity (Wildman–Crippen MR) is 59.8 cm³/mol. The van der Waals surface area contributed by atoms with E-state index in [2.05, 4.69) is 25.9 Å². The quantitative estimate of drug-likeness (QED) is 0.847. The highest BCUT2D eigenvalue weighted by atomic mass is 35.5. The molecule has 1 rings (SSSR count). The smallest absolute Gasteiger partial charge is 0.142 e. The molecule has 0 spiro atoms. The van der Waals surface area contributed by atoms with Crippen LogP contribution < -0.4 is 5.73 Å². The zero-order valence-corrected chi connectivity index (χ0v) is 9.86. The van der Waals surface area contributed by atoms with Gasteiger partial charge in [-0.2, -0.15) is 0 Å². The molecule has 0 unspecified atom stereocenters. The molecule has 3 nitrogen and oxygen atoms in total. The Labute approximate surface area is 91.4 Å². The molecule has 4 heteroatoms. The Hall–Kier alpha value is -0.540. The van der Waals surface area contributed by atoms with Gasteiger partial charge in [0.2, 0.25) is 0 Å². The first-order valence-corrected chi connectivity index (χ1v) is 4.70. The summed E-state index contributed by atoms with van der Waals surface area (Å²) < 4.78 is 5.24. The highest BCUT2D eigenvalue weighted by molar-refractivity contribution is 5.85. The summed E-state index contributed by atoms with van der Waals surface area (Å²) in [6.07, 6.45) is 1.88. The number of aryl methyl sites for hydroxylation is 1. The highest BCUT2D eigenvalue weighted by Crippen LogP contribution is 2.22. The molecule has 1 aromatic rings. The number of hydrogen-bond donors (Lipinski definition) is 1. The average Bonchev–Trinajstić information content (AvgIpc) is 2.47. The SMILES string of the molecule is CC(C)(C)c1cc(CCCN)no1.Cl. The molecule has 1 heterocycles. The minimum Gasteiger partial charge on any atom is -0.361 e. The van der Waals surface area contributed by atoms with Gasteiger partial charge < -0.3 is 10.3 Å². The third-order valence-corrected chi connectivity index (χ3v) is 1.94. The maximum absolute atomic E-state index is 5.41. The standard InChI is InChI=1S/C10H18N2O.ClH/c1-10(2,3)9-7-8(12-13-9)5-4-6-11;/h7H,4-6,11H2,1-3H3;1H. The van der Waals surface area contributed by atoms with Gasteiger partial charge in [0.1, 0.15) is 5.76 Å². The Morgan fingerprint density at radius 2 is 2.07 bits per heavy atom. The van der Waals surface area contributed by atoms with E-state index in [1.165, 1.54) is 0 Å². The summed E-state index contributed by atoms with van der Waals surface area (Å²) in [7, 11) is 0. The molecular weight excluding hydrogens is 200 g/mol. The molecule has 0 atom stereocenters. The fraction of sp³-hybridized carbons (Fsp3) is 0.700. The van der Waals surface area contributed by atoms with Crippen molar-refractivity contribution in [3.63, 3.8) is 0 Å². The van der Waals surface area contributed by atoms with Crippen LogP contribution in [0.5, 0.6) is 0 Å². The van der Waals surface area contributed by atoms with Gasteiger partial charge in [0.15, 0.2) is 0 Å². The number of hydrogen-bond acceptors (Lipinski definition) is 3. The van der Waals surface area contributed by atoms with Gasteiger partial charge in [0.25, 0.3) is 0 Å². The van der Waals surface area contributed by atoms with Crippen molar-refractivity contribution in [1.29, 1.82) is 0 Å². The van der Waals surface area contributed by atoms with Crippen molar-refractivity contribution in [2.24, 2.45) is 5.73 Å². The molecule has 0 aliphatic heterocycles. The Kier molecular flexibility index (Phi) is 5.16. The lowest BCUT2D eigenvalue weighted by Gasteiger charge is -2.12. The second kappa shape index (κ2) is 5.37. The summed E-state index contributed by atoms with van der Waals surface area (Å²) in [5.41, 5.74) is 6.47. The predicted octanol–water partition coefficient (Wildman–Crippen LogP) is 2.29. The summed E-state index contributed by atoms with van der Waals surface area (Å²) >= 11 is 0. The molecule has 0 amide bonds. The molecule has 0 bridgehead atoms. The van der Waals surface area contributed by atoms with Crippen LogP contribution in [0.3, 0.4) is 0 Å². The minimum absolute atomic E-state index is 0. The van der Waals surface area contributed by atoms with Crippen LogP contribution in [0.15, 0.2) is 10.6 Å². The van der Waals surface area contributed by atoms with Gasteiger partial charge >= 0.3 is 0 Å². The normalized spacial score (nSPS) is 11.1. The van der Waals surface area contributed by atoms with Gasteiger partial charge in [-0.05, 0) is 19.4 Å². The van der Waals surface area contributed by atoms with Crippen molar-refractivity contribution < 1.29 is 4.52 Å². The number of nitrogens with zero attached hydrogens (tertiary/aromatic N) is 1. The van der Waals surface area contributed by atoms with Crippen molar-refractivity contribution in [2.75, 3.05) is 6.54 Å². The molecule has 0 saturated heterocycles. The molecule has 0 aliphatic carbocycles. The lowest BCUT2D eigenvalue weighted by Crippen LogP contribution is -2.09. The molecule has 1 aromatic heterocycles. The van der Waals surface area contributed by atoms with Gasteiger partial charge in [-0.3, -0.25) is 0 Å². The van der Waals surface area contributed by atoms with Crippen molar-refractivity contribution >= 4 is 12.4 Å². The van der Waals surface area contributed by atoms with Crippen molar-refractivity contribution in [1.82, 2.24) is 5.16 Å². The number of rotatable bonds is 3. The largest absolute Gasteiger partial charge is 0.361 e. The van der Waals surface area contributed by atoms with E-state index in [-0.39, 0.29) is 17.8 Å². The monoisotopic (exact) mass is 218 g/mol. The van der Waals surface area contributed by atoms with E-state index >= 15 is 0 Å². The summed E-state index contributed by atoms with van der Waals surface area (Å²) in [6.45, 7) is 7.04. The third kappa shape index (κ3) is 3.68. The Morgan fingerprint density at radius 3 is 2.50 bits per heavy atom. The molecule has 0 saturated carbocycles. The Morgan fingerprint density at radius 1 is 1.43 bits per heavy atom. The third-order valence-electron chi connectivity index (χ3n) is 1.94. The van der Waals surface area contributed by atoms with Gasteiger partial charge in [-0.1, -0.05) is 25.9 Å². The minimum atomic E-state index is 0. The van der Waals surface area contributed by atoms with Crippen LogP contribution in [-0.4, -0.2) is 11.7 Å². The van der Waals surface area contributed by atoms with Crippen LogP contribution in [0.1, 0.15) is 38.6 Å². The number of halogens is 1. The average molecular weight is 219 g/mol. The molecule has 14 heavy (non-hydrogen) atoms. The Balaban J connectivity index is 0.00000169. The molecular formula is C10H19ClN2O. The molecule has 0 fully saturated rings. The van der Waals surface area contributed by atoms with Crippen molar-refractivity contribution in [3.05, 3.63) is 17.5 Å². The maximum Gasteiger partial charge on any atom is 0.142 e. The van der Waals surface area contributed by atoms with Crippen LogP contribution in [0.2, 0.25) is 0 Å². The van der Waals surface area contributed by atoms with Crippen LogP contribution in [-0.2, 0) is 11.8 Å². The topological polar surface area (TPSA) is 52.0 Å². The first-order chi connectivity index (χ1) is 6.04. The number of aromatic nitrogens is 1. The van der Waals surface area contributed by atoms with Gasteiger partial charge in [-0.25, -0.2) is 0 Å². The molecule has 2 N–H and O–H groups in total. The van der Waals surface area contributed by atoms with E-state index in [1.54, 1.807) is 0 Å². The zero-order valence-electron chi connectivity index (χ0n) is 9.04. The van der Waals surface area contributed by atoms with Crippen molar-refractivity contribution in [3.8, 4) is 0 Å². The van der Waals surface area contributed by atoms with Crippen molar-refractivity contribution in [2.45, 2.75) is 39.0 Å². The van der Waals surface area contributed by atoms with E-state index in [1.807, 2.05) is 6.07 Å². The molecule has 82 valence electrons. The van der Waals surface area contributed by atoms with Gasteiger partial charge in [0.05, 0.1) is 5.69 Å². The first-order valence-electron chi connectivity index (χ1n) is 4.70. The summed E-state index contributed by atoms with van der Waals surface area (Å²) in [5, 5.41) is 3.99. The zero-order chi connectivity index (χ0) is 9.90. The lowest BCUT2D eigenvalue weighted by molar-refractivity contribution is 0.325. The second-order valence-electron chi connectivity index (χ2n) is 4.32. The summed E-state index contributed by atoms with van der Waals surface area (Å²) in [5.74, 6) is 0.944. The lowest BCUT2D eigenvalue weighted by atomic mass is 9.93. The van der Waals surface area contributed by atoms with E-state index in [9.17, 15) is 0 Å². The van der Waals surface area contributed by atoms with Crippen LogP contribution in [0, 0.1) is 0 Å².